The van der Waals surface area contributed by atoms with E-state index < -0.39 is 11.9 Å². The topological polar surface area (TPSA) is 161 Å². The van der Waals surface area contributed by atoms with E-state index in [0.29, 0.717) is 0 Å². The van der Waals surface area contributed by atoms with Gasteiger partial charge in [0.15, 0.2) is 0 Å². The summed E-state index contributed by atoms with van der Waals surface area (Å²) in [5.41, 5.74) is 0. The van der Waals surface area contributed by atoms with Gasteiger partial charge in [0.25, 0.3) is 0 Å². The van der Waals surface area contributed by atoms with Crippen LogP contribution in [-0.4, -0.2) is 58.8 Å². The van der Waals surface area contributed by atoms with Crippen LogP contribution >= 0.6 is 0 Å². The molecule has 8 nitrogen and oxygen atoms in total. The summed E-state index contributed by atoms with van der Waals surface area (Å²) in [5.74, 6) is -2.17. The molecule has 0 heterocycles. The van der Waals surface area contributed by atoms with Crippen LogP contribution in [-0.2, 0) is 26.7 Å². The molecule has 105 valence electrons. The summed E-state index contributed by atoms with van der Waals surface area (Å²) in [5, 5.41) is 48.3. The zero-order valence-corrected chi connectivity index (χ0v) is 10.8. The second-order valence-electron chi connectivity index (χ2n) is 1.88. The normalized spacial score (nSPS) is 6.47. The number of aliphatic hydroxyl groups is 4. The average Bonchev–Trinajstić information content (AvgIpc) is 2.16. The standard InChI is InChI=1S/2C2H4O2.2C2H6O2.Mn/c2*1-2(3)4;2*3-1-2-4;/h2*1H3,(H,3,4);2*3-4H,1-2H2;/q;;;;+2/p-2. The van der Waals surface area contributed by atoms with Crippen molar-refractivity contribution >= 4 is 11.9 Å². The molecule has 0 bridgehead atoms. The summed E-state index contributed by atoms with van der Waals surface area (Å²) in [6, 6.07) is 0. The Bertz CT molecular complexity index is 113. The van der Waals surface area contributed by atoms with Crippen LogP contribution in [0.2, 0.25) is 0 Å². The molecule has 0 aromatic heterocycles. The summed E-state index contributed by atoms with van der Waals surface area (Å²) in [4.78, 5) is 17.8. The van der Waals surface area contributed by atoms with Gasteiger partial charge in [-0.1, -0.05) is 0 Å². The fourth-order valence-electron chi connectivity index (χ4n) is 0. The molecule has 0 aliphatic heterocycles. The van der Waals surface area contributed by atoms with Gasteiger partial charge in [-0.2, -0.15) is 0 Å². The monoisotopic (exact) mass is 297 g/mol. The molecular formula is C8H18MnO8. The summed E-state index contributed by atoms with van der Waals surface area (Å²) < 4.78 is 0. The molecule has 0 fully saturated rings. The van der Waals surface area contributed by atoms with Gasteiger partial charge < -0.3 is 40.2 Å². The Morgan fingerprint density at radius 3 is 0.824 bits per heavy atom. The van der Waals surface area contributed by atoms with Gasteiger partial charge in [0.1, 0.15) is 0 Å². The van der Waals surface area contributed by atoms with E-state index in [4.69, 9.17) is 40.2 Å². The van der Waals surface area contributed by atoms with Crippen LogP contribution in [0.3, 0.4) is 0 Å². The van der Waals surface area contributed by atoms with Gasteiger partial charge >= 0.3 is 17.1 Å². The minimum absolute atomic E-state index is 0. The number of carbonyl (C=O) groups is 2. The van der Waals surface area contributed by atoms with Gasteiger partial charge in [-0.3, -0.25) is 0 Å². The van der Waals surface area contributed by atoms with Gasteiger partial charge in [0, 0.05) is 11.9 Å². The number of hydrogen-bond donors (Lipinski definition) is 4. The van der Waals surface area contributed by atoms with Crippen molar-refractivity contribution in [1.29, 1.82) is 0 Å². The Kier molecular flexibility index (Phi) is 63.6. The predicted octanol–water partition coefficient (Wildman–Crippen LogP) is -4.55. The number of rotatable bonds is 2. The first-order valence-corrected chi connectivity index (χ1v) is 4.08. The van der Waals surface area contributed by atoms with Crippen LogP contribution in [0.5, 0.6) is 0 Å². The van der Waals surface area contributed by atoms with E-state index in [1.807, 2.05) is 0 Å². The van der Waals surface area contributed by atoms with E-state index >= 15 is 0 Å². The fourth-order valence-corrected chi connectivity index (χ4v) is 0. The number of aliphatic hydroxyl groups excluding tert-OH is 4. The second kappa shape index (κ2) is 36.2. The maximum Gasteiger partial charge on any atom is 2.00 e. The molecule has 0 rings (SSSR count). The second-order valence-corrected chi connectivity index (χ2v) is 1.88. The zero-order valence-electron chi connectivity index (χ0n) is 9.63. The van der Waals surface area contributed by atoms with Gasteiger partial charge in [0.05, 0.1) is 26.4 Å². The zero-order chi connectivity index (χ0) is 14.0. The molecule has 1 radical (unpaired) electrons. The van der Waals surface area contributed by atoms with Crippen molar-refractivity contribution in [1.82, 2.24) is 0 Å². The van der Waals surface area contributed by atoms with Crippen LogP contribution in [0.25, 0.3) is 0 Å². The number of hydrogen-bond acceptors (Lipinski definition) is 8. The van der Waals surface area contributed by atoms with Gasteiger partial charge in [-0.15, -0.1) is 0 Å². The third-order valence-corrected chi connectivity index (χ3v) is 0.200. The molecule has 17 heavy (non-hydrogen) atoms. The third-order valence-electron chi connectivity index (χ3n) is 0.200. The molecule has 0 saturated carbocycles. The van der Waals surface area contributed by atoms with Gasteiger partial charge in [-0.25, -0.2) is 0 Å². The molecule has 0 aromatic rings. The largest absolute Gasteiger partial charge is 2.00 e. The van der Waals surface area contributed by atoms with Gasteiger partial charge in [-0.05, 0) is 13.8 Å². The van der Waals surface area contributed by atoms with Crippen LogP contribution in [0.1, 0.15) is 13.8 Å². The number of aliphatic carboxylic acids is 2. The summed E-state index contributed by atoms with van der Waals surface area (Å²) in [6.07, 6.45) is 0. The van der Waals surface area contributed by atoms with Crippen LogP contribution < -0.4 is 10.2 Å². The third kappa shape index (κ3) is 1600. The molecule has 0 saturated heterocycles. The summed E-state index contributed by atoms with van der Waals surface area (Å²) in [6.45, 7) is 1.44. The Hall–Kier alpha value is -0.701. The minimum atomic E-state index is -1.08. The molecular weight excluding hydrogens is 279 g/mol. The van der Waals surface area contributed by atoms with E-state index in [-0.39, 0.29) is 43.5 Å². The molecule has 0 spiro atoms. The van der Waals surface area contributed by atoms with Crippen LogP contribution in [0, 0.1) is 0 Å². The molecule has 4 N–H and O–H groups in total. The minimum Gasteiger partial charge on any atom is -0.550 e. The Morgan fingerprint density at radius 1 is 0.765 bits per heavy atom. The molecule has 9 heteroatoms. The van der Waals surface area contributed by atoms with Crippen LogP contribution in [0.15, 0.2) is 0 Å². The first-order valence-electron chi connectivity index (χ1n) is 4.08. The van der Waals surface area contributed by atoms with E-state index in [1.165, 1.54) is 0 Å². The SMILES string of the molecule is CC(=O)[O-].CC(=O)[O-].OCCO.OCCO.[Mn+2]. The van der Waals surface area contributed by atoms with Gasteiger partial charge in [0.2, 0.25) is 0 Å². The molecule has 0 aliphatic rings. The Morgan fingerprint density at radius 2 is 0.824 bits per heavy atom. The number of carbonyl (C=O) groups excluding carboxylic acids is 2. The quantitative estimate of drug-likeness (QED) is 0.370. The maximum atomic E-state index is 8.89. The summed E-state index contributed by atoms with van der Waals surface area (Å²) in [7, 11) is 0. The first kappa shape index (κ1) is 29.9. The average molecular weight is 297 g/mol. The van der Waals surface area contributed by atoms with E-state index in [0.717, 1.165) is 13.8 Å². The smallest absolute Gasteiger partial charge is 0.550 e. The van der Waals surface area contributed by atoms with E-state index in [1.54, 1.807) is 0 Å². The Balaban J connectivity index is -0.0000000369. The van der Waals surface area contributed by atoms with Crippen molar-refractivity contribution in [2.24, 2.45) is 0 Å². The van der Waals surface area contributed by atoms with Crippen molar-refractivity contribution in [3.63, 3.8) is 0 Å². The van der Waals surface area contributed by atoms with Crippen molar-refractivity contribution in [2.45, 2.75) is 13.8 Å². The fraction of sp³-hybridized carbons (Fsp3) is 0.750. The van der Waals surface area contributed by atoms with Crippen LogP contribution in [0.4, 0.5) is 0 Å². The van der Waals surface area contributed by atoms with Crippen molar-refractivity contribution in [3.05, 3.63) is 0 Å². The van der Waals surface area contributed by atoms with E-state index in [2.05, 4.69) is 0 Å². The van der Waals surface area contributed by atoms with Crippen molar-refractivity contribution < 1.29 is 57.3 Å². The summed E-state index contributed by atoms with van der Waals surface area (Å²) >= 11 is 0. The maximum absolute atomic E-state index is 8.89. The Labute approximate surface area is 110 Å². The predicted molar refractivity (Wildman–Crippen MR) is 49.7 cm³/mol. The molecule has 0 aromatic carbocycles. The number of carboxylic acids is 2. The first-order chi connectivity index (χ1) is 7.29. The number of carboxylic acid groups (broad SMARTS) is 2. The molecule has 0 unspecified atom stereocenters. The molecule has 0 atom stereocenters. The van der Waals surface area contributed by atoms with Crippen molar-refractivity contribution in [3.8, 4) is 0 Å². The van der Waals surface area contributed by atoms with Crippen molar-refractivity contribution in [2.75, 3.05) is 26.4 Å². The molecule has 0 amide bonds. The molecule has 0 aliphatic carbocycles. The van der Waals surface area contributed by atoms with E-state index in [9.17, 15) is 0 Å².